The largest absolute Gasteiger partial charge is 0.366 e. The Morgan fingerprint density at radius 3 is 1.62 bits per heavy atom. The zero-order valence-electron chi connectivity index (χ0n) is 48.6. The fourth-order valence-electron chi connectivity index (χ4n) is 10.6. The molecular formula is C78H76N4. The minimum absolute atomic E-state index is 0.757. The standard InChI is InChI=1S/C38H36N2.C36H30N2.C2H6.C2H4/c1-5-8-15-29(6-2)33-20-22-37-35(24-33)36-25-34(32-18-13-10-14-19-32)21-23-38(36)40(37)28(4)26-39-27-30(7-3)31-16-11-9-12-17-31;1-3-32(25-37-26(2)27-13-7-4-8-14-27)38-35-21-19-30(28-15-9-5-10-16-28)23-33(35)34-24-31(20-22-36(34)38)29-17-11-6-12-18-29;2*1-2/h5-6,8-27,39H,2,7H2,1,3-4H3;3-19,21,23-25H,2,20,22H2,1H3;1-2H3;1-2H2/b8-5-,28-26?,29-15+,30-27+;32-3+,37-25?;;. The Kier molecular flexibility index (Phi) is 20.6. The van der Waals surface area contributed by atoms with Crippen molar-refractivity contribution in [1.82, 2.24) is 14.5 Å². The van der Waals surface area contributed by atoms with Gasteiger partial charge in [0.05, 0.1) is 34.2 Å². The molecule has 408 valence electrons. The average Bonchev–Trinajstić information content (AvgIpc) is 3.88. The van der Waals surface area contributed by atoms with Gasteiger partial charge >= 0.3 is 0 Å². The summed E-state index contributed by atoms with van der Waals surface area (Å²) in [6.45, 7) is 26.7. The molecule has 0 bridgehead atoms. The minimum atomic E-state index is 0.757. The van der Waals surface area contributed by atoms with Gasteiger partial charge in [-0.1, -0.05) is 234 Å². The van der Waals surface area contributed by atoms with Gasteiger partial charge in [-0.05, 0) is 144 Å². The molecule has 11 rings (SSSR count). The second-order valence-electron chi connectivity index (χ2n) is 19.5. The second-order valence-corrected chi connectivity index (χ2v) is 19.5. The molecule has 4 heteroatoms. The molecule has 4 nitrogen and oxygen atoms in total. The Bertz CT molecular complexity index is 4010. The second kappa shape index (κ2) is 28.9. The number of aliphatic imine (C=N–C) groups is 1. The molecule has 2 aromatic heterocycles. The summed E-state index contributed by atoms with van der Waals surface area (Å²) in [4.78, 5) is 4.78. The summed E-state index contributed by atoms with van der Waals surface area (Å²) >= 11 is 0. The Hall–Kier alpha value is -9.77. The quantitative estimate of drug-likeness (QED) is 0.0620. The first-order valence-electron chi connectivity index (χ1n) is 28.6. The van der Waals surface area contributed by atoms with Crippen molar-refractivity contribution in [3.63, 3.8) is 0 Å². The predicted octanol–water partition coefficient (Wildman–Crippen LogP) is 21.7. The Balaban J connectivity index is 0.000000203. The molecule has 1 aliphatic carbocycles. The van der Waals surface area contributed by atoms with Crippen LogP contribution in [0.3, 0.4) is 0 Å². The van der Waals surface area contributed by atoms with E-state index in [9.17, 15) is 0 Å². The zero-order valence-corrected chi connectivity index (χ0v) is 48.6. The molecule has 82 heavy (non-hydrogen) atoms. The van der Waals surface area contributed by atoms with Gasteiger partial charge in [0.15, 0.2) is 0 Å². The molecule has 0 fully saturated rings. The molecule has 0 atom stereocenters. The summed E-state index contributed by atoms with van der Waals surface area (Å²) in [7, 11) is 0. The molecule has 2 heterocycles. The van der Waals surface area contributed by atoms with E-state index in [1.807, 2.05) is 69.5 Å². The molecule has 0 amide bonds. The molecule has 0 saturated carbocycles. The number of rotatable bonds is 15. The minimum Gasteiger partial charge on any atom is -0.366 e. The summed E-state index contributed by atoms with van der Waals surface area (Å²) in [6.07, 6.45) is 21.8. The summed E-state index contributed by atoms with van der Waals surface area (Å²) in [6, 6.07) is 73.0. The Morgan fingerprint density at radius 2 is 1.07 bits per heavy atom. The van der Waals surface area contributed by atoms with Gasteiger partial charge in [-0.15, -0.1) is 13.2 Å². The monoisotopic (exact) mass is 1070 g/mol. The third-order valence-corrected chi connectivity index (χ3v) is 14.6. The van der Waals surface area contributed by atoms with Crippen molar-refractivity contribution < 1.29 is 0 Å². The molecule has 10 aromatic rings. The first-order valence-corrected chi connectivity index (χ1v) is 28.6. The molecule has 0 unspecified atom stereocenters. The maximum atomic E-state index is 4.78. The van der Waals surface area contributed by atoms with Crippen molar-refractivity contribution in [3.05, 3.63) is 309 Å². The number of nitrogens with one attached hydrogen (secondary N) is 1. The molecule has 1 N–H and O–H groups in total. The highest BCUT2D eigenvalue weighted by molar-refractivity contribution is 6.13. The van der Waals surface area contributed by atoms with E-state index in [4.69, 9.17) is 4.99 Å². The van der Waals surface area contributed by atoms with Crippen LogP contribution in [0, 0.1) is 0 Å². The van der Waals surface area contributed by atoms with Crippen LogP contribution in [0.15, 0.2) is 280 Å². The molecule has 0 radical (unpaired) electrons. The highest BCUT2D eigenvalue weighted by Gasteiger charge is 2.23. The zero-order chi connectivity index (χ0) is 57.8. The van der Waals surface area contributed by atoms with E-state index in [2.05, 4.69) is 274 Å². The predicted molar refractivity (Wildman–Crippen MR) is 362 cm³/mol. The van der Waals surface area contributed by atoms with Crippen molar-refractivity contribution in [2.24, 2.45) is 4.99 Å². The number of fused-ring (bicyclic) bond motifs is 6. The van der Waals surface area contributed by atoms with Gasteiger partial charge in [-0.25, -0.2) is 0 Å². The number of allylic oxidation sites excluding steroid dienone is 10. The Morgan fingerprint density at radius 1 is 0.561 bits per heavy atom. The molecule has 0 spiro atoms. The van der Waals surface area contributed by atoms with E-state index in [1.54, 1.807) is 0 Å². The summed E-state index contributed by atoms with van der Waals surface area (Å²) in [5.74, 6) is 0. The Labute approximate surface area is 487 Å². The fourth-order valence-corrected chi connectivity index (χ4v) is 10.6. The van der Waals surface area contributed by atoms with E-state index in [1.165, 1.54) is 88.5 Å². The van der Waals surface area contributed by atoms with Crippen LogP contribution < -0.4 is 5.32 Å². The molecule has 0 aliphatic heterocycles. The lowest BCUT2D eigenvalue weighted by Gasteiger charge is -2.18. The van der Waals surface area contributed by atoms with Crippen LogP contribution in [0.25, 0.3) is 94.8 Å². The third kappa shape index (κ3) is 13.3. The molecule has 8 aromatic carbocycles. The fraction of sp³-hybridized carbons (Fsp3) is 0.115. The van der Waals surface area contributed by atoms with Gasteiger partial charge in [0.25, 0.3) is 0 Å². The van der Waals surface area contributed by atoms with E-state index >= 15 is 0 Å². The van der Waals surface area contributed by atoms with Crippen LogP contribution in [-0.4, -0.2) is 15.3 Å². The van der Waals surface area contributed by atoms with Crippen LogP contribution >= 0.6 is 0 Å². The van der Waals surface area contributed by atoms with Gasteiger partial charge in [0.2, 0.25) is 0 Å². The van der Waals surface area contributed by atoms with Gasteiger partial charge in [0.1, 0.15) is 0 Å². The number of nitrogens with zero attached hydrogens (tertiary/aromatic N) is 3. The number of benzene rings is 8. The number of hydrogen-bond acceptors (Lipinski definition) is 2. The van der Waals surface area contributed by atoms with Gasteiger partial charge in [-0.2, -0.15) is 0 Å². The van der Waals surface area contributed by atoms with E-state index in [0.717, 1.165) is 53.1 Å². The topological polar surface area (TPSA) is 34.2 Å². The lowest BCUT2D eigenvalue weighted by atomic mass is 9.91. The summed E-state index contributed by atoms with van der Waals surface area (Å²) in [5, 5.41) is 7.20. The maximum Gasteiger partial charge on any atom is 0.0631 e. The lowest BCUT2D eigenvalue weighted by Crippen LogP contribution is -2.07. The first kappa shape index (κ1) is 58.4. The SMILES string of the molecule is C=C.C=C(N=C/C(=C\C)n1c2c(c3cc(-c4ccccc4)ccc31)C=C(c1ccccc1)CC2)c1ccccc1.C=C/C(=C\C=C/C)c1ccc2c(c1)c1cc(-c3ccccc3)ccc1n2C(C)=CN/C=C(\CC)c1ccccc1.CC. The lowest BCUT2D eigenvalue weighted by molar-refractivity contribution is 0.914. The van der Waals surface area contributed by atoms with E-state index in [-0.39, 0.29) is 0 Å². The summed E-state index contributed by atoms with van der Waals surface area (Å²) < 4.78 is 4.74. The number of hydrogen-bond donors (Lipinski definition) is 1. The van der Waals surface area contributed by atoms with Crippen molar-refractivity contribution in [1.29, 1.82) is 0 Å². The van der Waals surface area contributed by atoms with Crippen molar-refractivity contribution in [2.45, 2.75) is 60.8 Å². The van der Waals surface area contributed by atoms with Crippen LogP contribution in [0.2, 0.25) is 0 Å². The van der Waals surface area contributed by atoms with Gasteiger partial charge in [-0.3, -0.25) is 4.99 Å². The van der Waals surface area contributed by atoms with Gasteiger partial charge < -0.3 is 14.5 Å². The van der Waals surface area contributed by atoms with Gasteiger partial charge in [0, 0.05) is 45.5 Å². The molecular weight excluding hydrogens is 993 g/mol. The van der Waals surface area contributed by atoms with Crippen LogP contribution in [0.4, 0.5) is 0 Å². The molecule has 1 aliphatic rings. The number of aromatic nitrogens is 2. The van der Waals surface area contributed by atoms with Crippen LogP contribution in [0.5, 0.6) is 0 Å². The highest BCUT2D eigenvalue weighted by Crippen LogP contribution is 2.41. The normalized spacial score (nSPS) is 12.7. The molecule has 0 saturated heterocycles. The van der Waals surface area contributed by atoms with E-state index < -0.39 is 0 Å². The summed E-state index contributed by atoms with van der Waals surface area (Å²) in [5.41, 5.74) is 22.5. The van der Waals surface area contributed by atoms with Crippen molar-refractivity contribution in [3.8, 4) is 22.3 Å². The third-order valence-electron chi connectivity index (χ3n) is 14.6. The van der Waals surface area contributed by atoms with Crippen LogP contribution in [0.1, 0.15) is 87.9 Å². The van der Waals surface area contributed by atoms with E-state index in [0.29, 0.717) is 0 Å². The van der Waals surface area contributed by atoms with Crippen LogP contribution in [-0.2, 0) is 6.42 Å². The first-order chi connectivity index (χ1) is 40.4. The van der Waals surface area contributed by atoms with Crippen molar-refractivity contribution >= 4 is 78.8 Å². The smallest absolute Gasteiger partial charge is 0.0631 e. The average molecular weight is 1070 g/mol. The highest BCUT2D eigenvalue weighted by atomic mass is 15.0. The van der Waals surface area contributed by atoms with Crippen molar-refractivity contribution in [2.75, 3.05) is 0 Å². The maximum absolute atomic E-state index is 4.78.